The zero-order chi connectivity index (χ0) is 16.7. The molecule has 0 aliphatic carbocycles. The van der Waals surface area contributed by atoms with Crippen molar-refractivity contribution in [3.63, 3.8) is 0 Å². The number of fused-ring (bicyclic) bond motifs is 1. The molecule has 0 unspecified atom stereocenters. The predicted molar refractivity (Wildman–Crippen MR) is 87.8 cm³/mol. The fraction of sp³-hybridized carbons (Fsp3) is 0.143. The van der Waals surface area contributed by atoms with Gasteiger partial charge < -0.3 is 14.5 Å². The molecule has 0 atom stereocenters. The number of benzene rings is 1. The molecule has 2 heterocycles. The van der Waals surface area contributed by atoms with Crippen LogP contribution in [0.25, 0.3) is 11.2 Å². The van der Waals surface area contributed by atoms with Crippen molar-refractivity contribution in [2.24, 2.45) is 14.1 Å². The molecule has 1 aromatic carbocycles. The monoisotopic (exact) mass is 358 g/mol. The van der Waals surface area contributed by atoms with Gasteiger partial charge in [0.2, 0.25) is 0 Å². The third-order valence-corrected chi connectivity index (χ3v) is 3.38. The number of carbonyl (C=O) groups is 1. The number of imidazole rings is 1. The Labute approximate surface area is 164 Å². The fourth-order valence-corrected chi connectivity index (χ4v) is 2.18. The molecule has 0 aliphatic rings. The minimum atomic E-state index is -1.02. The molecule has 0 bridgehead atoms. The first kappa shape index (κ1) is 18.2. The van der Waals surface area contributed by atoms with Crippen LogP contribution in [0.2, 0.25) is 0 Å². The number of carbonyl (C=O) groups excluding carboxylic acids is 1. The number of aromatic nitrogens is 4. The van der Waals surface area contributed by atoms with Gasteiger partial charge in [-0.05, 0) is 12.1 Å². The van der Waals surface area contributed by atoms with E-state index in [-0.39, 0.29) is 60.2 Å². The van der Waals surface area contributed by atoms with Gasteiger partial charge in [0.05, 0.1) is 6.33 Å². The minimum absolute atomic E-state index is 0. The third-order valence-electron chi connectivity index (χ3n) is 3.38. The van der Waals surface area contributed by atoms with Gasteiger partial charge in [-0.25, -0.2) is 14.6 Å². The molecule has 0 fully saturated rings. The summed E-state index contributed by atoms with van der Waals surface area (Å²) in [5, 5.41) is 9.65. The second kappa shape index (κ2) is 6.80. The molecule has 24 heavy (non-hydrogen) atoms. The number of aryl methyl sites for hydroxylation is 2. The van der Waals surface area contributed by atoms with Crippen LogP contribution in [0.5, 0.6) is 5.75 Å². The van der Waals surface area contributed by atoms with E-state index >= 15 is 0 Å². The standard InChI is InChI=1S/C14H12N4O5.Ca.2H/c1-16-7-15-11-10(16)12(20)18(14(22)17(11)2)23-13(21)8-5-3-4-6-9(8)19;;;/h3-7,19H,1-2H3;;;. The van der Waals surface area contributed by atoms with E-state index in [1.165, 1.54) is 42.2 Å². The fourth-order valence-electron chi connectivity index (χ4n) is 2.18. The number of aromatic hydroxyl groups is 1. The van der Waals surface area contributed by atoms with Gasteiger partial charge in [0.25, 0.3) is 0 Å². The summed E-state index contributed by atoms with van der Waals surface area (Å²) in [7, 11) is 2.98. The Balaban J connectivity index is 0.00000208. The van der Waals surface area contributed by atoms with Gasteiger partial charge in [0.1, 0.15) is 11.3 Å². The number of rotatable bonds is 2. The molecule has 122 valence electrons. The third kappa shape index (κ3) is 2.85. The van der Waals surface area contributed by atoms with E-state index in [9.17, 15) is 19.5 Å². The van der Waals surface area contributed by atoms with Crippen LogP contribution in [-0.2, 0) is 14.1 Å². The van der Waals surface area contributed by atoms with Gasteiger partial charge in [-0.2, -0.15) is 0 Å². The molecule has 0 saturated carbocycles. The zero-order valence-corrected chi connectivity index (χ0v) is 12.3. The summed E-state index contributed by atoms with van der Waals surface area (Å²) in [6.45, 7) is 0. The molecule has 10 heteroatoms. The van der Waals surface area contributed by atoms with Gasteiger partial charge in [0.15, 0.2) is 11.2 Å². The van der Waals surface area contributed by atoms with Gasteiger partial charge in [-0.1, -0.05) is 16.9 Å². The van der Waals surface area contributed by atoms with Crippen LogP contribution in [0, 0.1) is 0 Å². The Morgan fingerprint density at radius 3 is 2.54 bits per heavy atom. The zero-order valence-electron chi connectivity index (χ0n) is 12.3. The van der Waals surface area contributed by atoms with Crippen molar-refractivity contribution in [1.82, 2.24) is 18.8 Å². The van der Waals surface area contributed by atoms with Crippen LogP contribution < -0.4 is 16.1 Å². The second-order valence-electron chi connectivity index (χ2n) is 4.86. The summed E-state index contributed by atoms with van der Waals surface area (Å²) in [5.41, 5.74) is -1.54. The topological polar surface area (TPSA) is 108 Å². The van der Waals surface area contributed by atoms with E-state index in [4.69, 9.17) is 4.84 Å². The maximum atomic E-state index is 12.4. The van der Waals surface area contributed by atoms with E-state index < -0.39 is 17.2 Å². The molecule has 3 rings (SSSR count). The number of nitrogens with zero attached hydrogens (tertiary/aromatic N) is 4. The van der Waals surface area contributed by atoms with Gasteiger partial charge in [-0.15, -0.1) is 0 Å². The number of phenols is 1. The first-order valence-electron chi connectivity index (χ1n) is 6.55. The van der Waals surface area contributed by atoms with Crippen molar-refractivity contribution < 1.29 is 14.7 Å². The molecule has 0 radical (unpaired) electrons. The summed E-state index contributed by atoms with van der Waals surface area (Å²) >= 11 is 0. The van der Waals surface area contributed by atoms with Crippen LogP contribution in [0.3, 0.4) is 0 Å². The summed E-state index contributed by atoms with van der Waals surface area (Å²) in [6.07, 6.45) is 1.38. The maximum absolute atomic E-state index is 12.4. The second-order valence-corrected chi connectivity index (χ2v) is 4.86. The van der Waals surface area contributed by atoms with Gasteiger partial charge >= 0.3 is 55.0 Å². The molecule has 9 nitrogen and oxygen atoms in total. The molecule has 0 saturated heterocycles. The van der Waals surface area contributed by atoms with E-state index in [0.29, 0.717) is 4.73 Å². The number of hydrogen-bond acceptors (Lipinski definition) is 6. The average molecular weight is 358 g/mol. The van der Waals surface area contributed by atoms with Crippen LogP contribution in [-0.4, -0.2) is 67.7 Å². The van der Waals surface area contributed by atoms with E-state index in [0.717, 1.165) is 4.57 Å². The molecule has 0 amide bonds. The average Bonchev–Trinajstić information content (AvgIpc) is 2.91. The molecule has 1 N–H and O–H groups in total. The summed E-state index contributed by atoms with van der Waals surface area (Å²) in [4.78, 5) is 45.5. The number of hydrogen-bond donors (Lipinski definition) is 1. The Morgan fingerprint density at radius 1 is 1.21 bits per heavy atom. The van der Waals surface area contributed by atoms with Crippen LogP contribution in [0.4, 0.5) is 0 Å². The summed E-state index contributed by atoms with van der Waals surface area (Å²) in [6, 6.07) is 5.65. The van der Waals surface area contributed by atoms with Crippen molar-refractivity contribution in [2.45, 2.75) is 0 Å². The molecular weight excluding hydrogens is 344 g/mol. The van der Waals surface area contributed by atoms with Gasteiger partial charge in [0, 0.05) is 14.1 Å². The van der Waals surface area contributed by atoms with Crippen molar-refractivity contribution >= 4 is 54.9 Å². The van der Waals surface area contributed by atoms with E-state index in [1.54, 1.807) is 7.05 Å². The number of para-hydroxylation sites is 1. The first-order chi connectivity index (χ1) is 10.9. The normalized spacial score (nSPS) is 10.4. The van der Waals surface area contributed by atoms with Crippen LogP contribution in [0.1, 0.15) is 10.4 Å². The molecule has 0 spiro atoms. The van der Waals surface area contributed by atoms with Crippen molar-refractivity contribution in [3.8, 4) is 5.75 Å². The quantitative estimate of drug-likeness (QED) is 0.558. The molecule has 0 aliphatic heterocycles. The van der Waals surface area contributed by atoms with Gasteiger partial charge in [-0.3, -0.25) is 9.36 Å². The van der Waals surface area contributed by atoms with Crippen LogP contribution >= 0.6 is 0 Å². The Bertz CT molecular complexity index is 1050. The summed E-state index contributed by atoms with van der Waals surface area (Å²) < 4.78 is 2.86. The summed E-state index contributed by atoms with van der Waals surface area (Å²) in [5.74, 6) is -1.34. The first-order valence-corrected chi connectivity index (χ1v) is 6.55. The Kier molecular flexibility index (Phi) is 5.16. The number of phenolic OH excluding ortho intramolecular Hbond substituents is 1. The Hall–Kier alpha value is -2.10. The van der Waals surface area contributed by atoms with Crippen LogP contribution in [0.15, 0.2) is 40.2 Å². The van der Waals surface area contributed by atoms with Crippen molar-refractivity contribution in [3.05, 3.63) is 57.0 Å². The molecule has 2 aromatic heterocycles. The van der Waals surface area contributed by atoms with Crippen molar-refractivity contribution in [2.75, 3.05) is 0 Å². The predicted octanol–water partition coefficient (Wildman–Crippen LogP) is -1.51. The Morgan fingerprint density at radius 2 is 1.88 bits per heavy atom. The molecular formula is C14H14CaN4O5. The van der Waals surface area contributed by atoms with E-state index in [1.807, 2.05) is 0 Å². The van der Waals surface area contributed by atoms with E-state index in [2.05, 4.69) is 4.98 Å². The van der Waals surface area contributed by atoms with Crippen molar-refractivity contribution in [1.29, 1.82) is 0 Å². The SMILES string of the molecule is Cn1cnc2c1c(=O)n(OC(=O)c1ccccc1O)c(=O)n2C.[CaH2]. The molecule has 3 aromatic rings.